The summed E-state index contributed by atoms with van der Waals surface area (Å²) in [6.07, 6.45) is 1.52. The zero-order valence-electron chi connectivity index (χ0n) is 9.74. The van der Waals surface area contributed by atoms with Crippen LogP contribution in [0.2, 0.25) is 0 Å². The van der Waals surface area contributed by atoms with Gasteiger partial charge >= 0.3 is 0 Å². The molecule has 19 heavy (non-hydrogen) atoms. The number of hydrogen-bond acceptors (Lipinski definition) is 5. The maximum absolute atomic E-state index is 11.9. The molecule has 0 amide bonds. The van der Waals surface area contributed by atoms with Gasteiger partial charge in [0.15, 0.2) is 0 Å². The molecular weight excluding hydrogens is 288 g/mol. The molecule has 0 aliphatic heterocycles. The van der Waals surface area contributed by atoms with Gasteiger partial charge in [-0.15, -0.1) is 0 Å². The molecule has 1 unspecified atom stereocenters. The van der Waals surface area contributed by atoms with Gasteiger partial charge in [-0.3, -0.25) is 4.79 Å². The van der Waals surface area contributed by atoms with E-state index in [0.717, 1.165) is 12.3 Å². The van der Waals surface area contributed by atoms with Crippen LogP contribution in [0.5, 0.6) is 0 Å². The molecule has 3 N–H and O–H groups in total. The summed E-state index contributed by atoms with van der Waals surface area (Å²) in [6.45, 7) is -0.187. The number of nitrogens with one attached hydrogen (secondary N) is 2. The number of pyridine rings is 1. The predicted octanol–water partition coefficient (Wildman–Crippen LogP) is 0.448. The van der Waals surface area contributed by atoms with E-state index >= 15 is 0 Å². The first-order chi connectivity index (χ1) is 9.00. The number of hydrogen-bond donors (Lipinski definition) is 3. The van der Waals surface area contributed by atoms with Crippen molar-refractivity contribution < 1.29 is 13.5 Å². The Morgan fingerprint density at radius 3 is 2.84 bits per heavy atom. The van der Waals surface area contributed by atoms with Crippen molar-refractivity contribution in [1.29, 1.82) is 0 Å². The summed E-state index contributed by atoms with van der Waals surface area (Å²) in [6, 6.07) is 2.84. The topological polar surface area (TPSA) is 99.3 Å². The number of aromatic amines is 1. The van der Waals surface area contributed by atoms with Gasteiger partial charge in [0.25, 0.3) is 0 Å². The lowest BCUT2D eigenvalue weighted by Gasteiger charge is -2.10. The average Bonchev–Trinajstić information content (AvgIpc) is 2.90. The number of aliphatic hydroxyl groups excluding tert-OH is 1. The SMILES string of the molecule is O=c1cc[nH]cc1S(=O)(=O)NCC(O)c1ccsc1. The van der Waals surface area contributed by atoms with E-state index in [1.165, 1.54) is 17.5 Å². The molecule has 6 nitrogen and oxygen atoms in total. The van der Waals surface area contributed by atoms with Crippen LogP contribution in [0.25, 0.3) is 0 Å². The minimum atomic E-state index is -3.93. The second kappa shape index (κ2) is 5.66. The molecule has 0 aromatic carbocycles. The Morgan fingerprint density at radius 1 is 1.42 bits per heavy atom. The Balaban J connectivity index is 2.11. The molecule has 0 saturated heterocycles. The lowest BCUT2D eigenvalue weighted by molar-refractivity contribution is 0.182. The molecule has 0 saturated carbocycles. The summed E-state index contributed by atoms with van der Waals surface area (Å²) in [5.41, 5.74) is 0.0333. The molecule has 2 aromatic heterocycles. The van der Waals surface area contributed by atoms with Gasteiger partial charge in [-0.05, 0) is 22.4 Å². The highest BCUT2D eigenvalue weighted by molar-refractivity contribution is 7.89. The van der Waals surface area contributed by atoms with Crippen molar-refractivity contribution in [2.75, 3.05) is 6.54 Å². The first-order valence-electron chi connectivity index (χ1n) is 5.37. The van der Waals surface area contributed by atoms with E-state index in [1.54, 1.807) is 16.8 Å². The Bertz CT molecular complexity index is 691. The molecule has 0 spiro atoms. The largest absolute Gasteiger partial charge is 0.387 e. The van der Waals surface area contributed by atoms with Gasteiger partial charge in [-0.2, -0.15) is 11.3 Å². The highest BCUT2D eigenvalue weighted by Crippen LogP contribution is 2.15. The highest BCUT2D eigenvalue weighted by Gasteiger charge is 2.19. The van der Waals surface area contributed by atoms with E-state index in [2.05, 4.69) is 9.71 Å². The molecule has 0 bridgehead atoms. The molecular formula is C11H12N2O4S2. The first kappa shape index (κ1) is 13.9. The summed E-state index contributed by atoms with van der Waals surface area (Å²) in [5, 5.41) is 13.3. The molecule has 8 heteroatoms. The monoisotopic (exact) mass is 300 g/mol. The van der Waals surface area contributed by atoms with Gasteiger partial charge in [0.1, 0.15) is 4.90 Å². The average molecular weight is 300 g/mol. The molecule has 0 aliphatic carbocycles. The van der Waals surface area contributed by atoms with Gasteiger partial charge in [-0.25, -0.2) is 13.1 Å². The fraction of sp³-hybridized carbons (Fsp3) is 0.182. The minimum Gasteiger partial charge on any atom is -0.387 e. The Hall–Kier alpha value is -1.48. The van der Waals surface area contributed by atoms with Crippen LogP contribution in [0, 0.1) is 0 Å². The van der Waals surface area contributed by atoms with E-state index in [-0.39, 0.29) is 11.4 Å². The zero-order chi connectivity index (χ0) is 13.9. The highest BCUT2D eigenvalue weighted by atomic mass is 32.2. The lowest BCUT2D eigenvalue weighted by atomic mass is 10.2. The predicted molar refractivity (Wildman–Crippen MR) is 71.5 cm³/mol. The van der Waals surface area contributed by atoms with E-state index < -0.39 is 21.6 Å². The second-order valence-electron chi connectivity index (χ2n) is 3.80. The summed E-state index contributed by atoms with van der Waals surface area (Å²) in [4.78, 5) is 13.6. The van der Waals surface area contributed by atoms with Crippen molar-refractivity contribution in [3.63, 3.8) is 0 Å². The molecule has 0 radical (unpaired) electrons. The number of rotatable bonds is 5. The van der Waals surface area contributed by atoms with E-state index in [1.807, 2.05) is 0 Å². The van der Waals surface area contributed by atoms with Gasteiger partial charge < -0.3 is 10.1 Å². The molecule has 1 atom stereocenters. The van der Waals surface area contributed by atoms with Crippen LogP contribution in [-0.2, 0) is 10.0 Å². The Kier molecular flexibility index (Phi) is 4.15. The number of sulfonamides is 1. The third kappa shape index (κ3) is 3.29. The van der Waals surface area contributed by atoms with Crippen LogP contribution in [-0.4, -0.2) is 25.1 Å². The summed E-state index contributed by atoms with van der Waals surface area (Å²) >= 11 is 1.41. The van der Waals surface area contributed by atoms with Crippen molar-refractivity contribution in [1.82, 2.24) is 9.71 Å². The Labute approximate surface area is 113 Å². The molecule has 0 aliphatic rings. The third-order valence-electron chi connectivity index (χ3n) is 2.47. The van der Waals surface area contributed by atoms with Crippen molar-refractivity contribution >= 4 is 21.4 Å². The second-order valence-corrected chi connectivity index (χ2v) is 6.31. The van der Waals surface area contributed by atoms with Crippen LogP contribution in [0.4, 0.5) is 0 Å². The van der Waals surface area contributed by atoms with Crippen LogP contribution in [0.3, 0.4) is 0 Å². The number of H-pyrrole nitrogens is 1. The molecule has 102 valence electrons. The van der Waals surface area contributed by atoms with Crippen molar-refractivity contribution in [3.05, 3.63) is 51.1 Å². The van der Waals surface area contributed by atoms with Crippen LogP contribution in [0.15, 0.2) is 45.0 Å². The van der Waals surface area contributed by atoms with Gasteiger partial charge in [0.05, 0.1) is 6.10 Å². The molecule has 2 heterocycles. The summed E-state index contributed by atoms with van der Waals surface area (Å²) in [5.74, 6) is 0. The van der Waals surface area contributed by atoms with Crippen LogP contribution < -0.4 is 10.2 Å². The fourth-order valence-electron chi connectivity index (χ4n) is 1.46. The quantitative estimate of drug-likeness (QED) is 0.746. The third-order valence-corrected chi connectivity index (χ3v) is 4.62. The van der Waals surface area contributed by atoms with E-state index in [9.17, 15) is 18.3 Å². The summed E-state index contributed by atoms with van der Waals surface area (Å²) in [7, 11) is -3.93. The standard InChI is InChI=1S/C11H12N2O4S2/c14-9-1-3-12-6-11(9)19(16,17)13-5-10(15)8-2-4-18-7-8/h1-4,6-7,10,13,15H,5H2,(H,12,14). The zero-order valence-corrected chi connectivity index (χ0v) is 11.4. The van der Waals surface area contributed by atoms with Crippen molar-refractivity contribution in [3.8, 4) is 0 Å². The van der Waals surface area contributed by atoms with Gasteiger partial charge in [0, 0.05) is 25.0 Å². The molecule has 0 fully saturated rings. The first-order valence-corrected chi connectivity index (χ1v) is 7.80. The number of thiophene rings is 1. The van der Waals surface area contributed by atoms with Gasteiger partial charge in [-0.1, -0.05) is 0 Å². The normalized spacial score (nSPS) is 13.3. The summed E-state index contributed by atoms with van der Waals surface area (Å²) < 4.78 is 26.0. The van der Waals surface area contributed by atoms with E-state index in [0.29, 0.717) is 5.56 Å². The Morgan fingerprint density at radius 2 is 2.21 bits per heavy atom. The maximum atomic E-state index is 11.9. The number of aliphatic hydroxyl groups is 1. The molecule has 2 rings (SSSR count). The van der Waals surface area contributed by atoms with Crippen molar-refractivity contribution in [2.24, 2.45) is 0 Å². The lowest BCUT2D eigenvalue weighted by Crippen LogP contribution is -2.31. The smallest absolute Gasteiger partial charge is 0.246 e. The van der Waals surface area contributed by atoms with Crippen LogP contribution in [0.1, 0.15) is 11.7 Å². The van der Waals surface area contributed by atoms with Gasteiger partial charge in [0.2, 0.25) is 15.5 Å². The maximum Gasteiger partial charge on any atom is 0.246 e. The number of aromatic nitrogens is 1. The van der Waals surface area contributed by atoms with E-state index in [4.69, 9.17) is 0 Å². The molecule has 2 aromatic rings. The fourth-order valence-corrected chi connectivity index (χ4v) is 3.26. The minimum absolute atomic E-state index is 0.187. The van der Waals surface area contributed by atoms with Crippen LogP contribution >= 0.6 is 11.3 Å². The van der Waals surface area contributed by atoms with Crippen molar-refractivity contribution in [2.45, 2.75) is 11.0 Å².